The van der Waals surface area contributed by atoms with Crippen molar-refractivity contribution < 1.29 is 0 Å². The Bertz CT molecular complexity index is 361. The van der Waals surface area contributed by atoms with Gasteiger partial charge in [0.15, 0.2) is 0 Å². The topological polar surface area (TPSA) is 12.0 Å². The summed E-state index contributed by atoms with van der Waals surface area (Å²) in [5.41, 5.74) is 1.09. The van der Waals surface area contributed by atoms with E-state index in [-0.39, 0.29) is 6.04 Å². The third kappa shape index (κ3) is 2.91. The maximum absolute atomic E-state index is 6.16. The monoisotopic (exact) mass is 257 g/mol. The lowest BCUT2D eigenvalue weighted by Gasteiger charge is -2.27. The van der Waals surface area contributed by atoms with E-state index in [1.54, 1.807) is 0 Å². The van der Waals surface area contributed by atoms with Crippen molar-refractivity contribution in [2.24, 2.45) is 5.92 Å². The predicted octanol–water partition coefficient (Wildman–Crippen LogP) is 4.44. The molecule has 1 aromatic carbocycles. The van der Waals surface area contributed by atoms with Crippen LogP contribution < -0.4 is 5.32 Å². The van der Waals surface area contributed by atoms with Gasteiger partial charge < -0.3 is 5.32 Å². The molecule has 1 aliphatic rings. The van der Waals surface area contributed by atoms with Gasteiger partial charge in [-0.25, -0.2) is 0 Å². The van der Waals surface area contributed by atoms with Crippen molar-refractivity contribution in [3.63, 3.8) is 0 Å². The van der Waals surface area contributed by atoms with Gasteiger partial charge >= 0.3 is 0 Å². The normalized spacial score (nSPS) is 18.2. The Kier molecular flexibility index (Phi) is 4.12. The van der Waals surface area contributed by atoms with Crippen LogP contribution in [0.2, 0.25) is 10.0 Å². The van der Waals surface area contributed by atoms with Gasteiger partial charge in [-0.15, -0.1) is 0 Å². The summed E-state index contributed by atoms with van der Waals surface area (Å²) in [7, 11) is 0. The average Bonchev–Trinajstić information content (AvgIpc) is 2.19. The second kappa shape index (κ2) is 5.39. The Morgan fingerprint density at radius 3 is 2.75 bits per heavy atom. The first-order chi connectivity index (χ1) is 7.66. The van der Waals surface area contributed by atoms with E-state index in [9.17, 15) is 0 Å². The zero-order valence-electron chi connectivity index (χ0n) is 9.47. The molecule has 0 spiro atoms. The first-order valence-electron chi connectivity index (χ1n) is 5.85. The Morgan fingerprint density at radius 1 is 1.38 bits per heavy atom. The molecule has 88 valence electrons. The van der Waals surface area contributed by atoms with Gasteiger partial charge in [-0.1, -0.05) is 29.6 Å². The Hall–Kier alpha value is -0.240. The number of nitrogens with one attached hydrogen (secondary N) is 1. The van der Waals surface area contributed by atoms with E-state index in [1.165, 1.54) is 19.3 Å². The third-order valence-corrected chi connectivity index (χ3v) is 3.94. The minimum atomic E-state index is 0.270. The number of hydrogen-bond donors (Lipinski definition) is 1. The van der Waals surface area contributed by atoms with Crippen LogP contribution in [0.5, 0.6) is 0 Å². The molecule has 0 saturated heterocycles. The van der Waals surface area contributed by atoms with Crippen LogP contribution >= 0.6 is 23.2 Å². The highest BCUT2D eigenvalue weighted by molar-refractivity contribution is 6.33. The number of rotatable bonds is 4. The summed E-state index contributed by atoms with van der Waals surface area (Å²) in [5.74, 6) is 0.861. The van der Waals surface area contributed by atoms with Crippen LogP contribution in [0.4, 0.5) is 0 Å². The number of halogens is 2. The van der Waals surface area contributed by atoms with Crippen LogP contribution in [0.1, 0.15) is 37.8 Å². The largest absolute Gasteiger partial charge is 0.310 e. The van der Waals surface area contributed by atoms with Gasteiger partial charge in [0.1, 0.15) is 0 Å². The highest BCUT2D eigenvalue weighted by atomic mass is 35.5. The van der Waals surface area contributed by atoms with E-state index in [0.29, 0.717) is 0 Å². The molecule has 16 heavy (non-hydrogen) atoms. The molecule has 1 nitrogen and oxygen atoms in total. The molecule has 1 aliphatic carbocycles. The molecule has 1 fully saturated rings. The van der Waals surface area contributed by atoms with Gasteiger partial charge in [0, 0.05) is 16.1 Å². The summed E-state index contributed by atoms with van der Waals surface area (Å²) < 4.78 is 0. The molecule has 0 heterocycles. The van der Waals surface area contributed by atoms with Gasteiger partial charge in [0.2, 0.25) is 0 Å². The molecule has 0 aromatic heterocycles. The van der Waals surface area contributed by atoms with Crippen LogP contribution in [0, 0.1) is 5.92 Å². The first-order valence-corrected chi connectivity index (χ1v) is 6.60. The lowest BCUT2D eigenvalue weighted by Crippen LogP contribution is -2.29. The van der Waals surface area contributed by atoms with Gasteiger partial charge in [-0.3, -0.25) is 0 Å². The van der Waals surface area contributed by atoms with E-state index in [0.717, 1.165) is 28.1 Å². The van der Waals surface area contributed by atoms with E-state index in [2.05, 4.69) is 12.2 Å². The second-order valence-corrected chi connectivity index (χ2v) is 5.44. The fourth-order valence-corrected chi connectivity index (χ4v) is 2.46. The summed E-state index contributed by atoms with van der Waals surface area (Å²) in [6.07, 6.45) is 4.12. The SMILES string of the molecule is CC(NCC1CCC1)c1cc(Cl)ccc1Cl. The van der Waals surface area contributed by atoms with Crippen molar-refractivity contribution in [2.75, 3.05) is 6.54 Å². The van der Waals surface area contributed by atoms with E-state index < -0.39 is 0 Å². The molecule has 0 radical (unpaired) electrons. The van der Waals surface area contributed by atoms with E-state index in [1.807, 2.05) is 18.2 Å². The Morgan fingerprint density at radius 2 is 2.12 bits per heavy atom. The lowest BCUT2D eigenvalue weighted by atomic mass is 9.85. The maximum atomic E-state index is 6.16. The molecule has 1 saturated carbocycles. The quantitative estimate of drug-likeness (QED) is 0.841. The molecule has 0 amide bonds. The van der Waals surface area contributed by atoms with Gasteiger partial charge in [0.25, 0.3) is 0 Å². The number of hydrogen-bond acceptors (Lipinski definition) is 1. The third-order valence-electron chi connectivity index (χ3n) is 3.36. The molecule has 1 N–H and O–H groups in total. The Balaban J connectivity index is 1.95. The molecule has 1 unspecified atom stereocenters. The van der Waals surface area contributed by atoms with Crippen molar-refractivity contribution in [3.8, 4) is 0 Å². The molecule has 0 aliphatic heterocycles. The van der Waals surface area contributed by atoms with E-state index >= 15 is 0 Å². The van der Waals surface area contributed by atoms with Crippen molar-refractivity contribution in [3.05, 3.63) is 33.8 Å². The van der Waals surface area contributed by atoms with Gasteiger partial charge in [-0.2, -0.15) is 0 Å². The maximum Gasteiger partial charge on any atom is 0.0454 e. The smallest absolute Gasteiger partial charge is 0.0454 e. The van der Waals surface area contributed by atoms with Crippen LogP contribution in [-0.2, 0) is 0 Å². The molecular formula is C13H17Cl2N. The number of benzene rings is 1. The summed E-state index contributed by atoms with van der Waals surface area (Å²) in [6, 6.07) is 5.90. The molecule has 1 aromatic rings. The van der Waals surface area contributed by atoms with Crippen LogP contribution in [0.15, 0.2) is 18.2 Å². The summed E-state index contributed by atoms with van der Waals surface area (Å²) in [4.78, 5) is 0. The highest BCUT2D eigenvalue weighted by Gasteiger charge is 2.18. The fraction of sp³-hybridized carbons (Fsp3) is 0.538. The molecule has 1 atom stereocenters. The molecular weight excluding hydrogens is 241 g/mol. The summed E-state index contributed by atoms with van der Waals surface area (Å²) >= 11 is 12.1. The standard InChI is InChI=1S/C13H17Cl2N/c1-9(16-8-10-3-2-4-10)12-7-11(14)5-6-13(12)15/h5-7,9-10,16H,2-4,8H2,1H3. The highest BCUT2D eigenvalue weighted by Crippen LogP contribution is 2.28. The minimum Gasteiger partial charge on any atom is -0.310 e. The molecule has 0 bridgehead atoms. The Labute approximate surface area is 107 Å². The summed E-state index contributed by atoms with van der Waals surface area (Å²) in [5, 5.41) is 5.06. The predicted molar refractivity (Wildman–Crippen MR) is 70.2 cm³/mol. The zero-order valence-corrected chi connectivity index (χ0v) is 11.0. The molecule has 2 rings (SSSR count). The lowest BCUT2D eigenvalue weighted by molar-refractivity contribution is 0.292. The zero-order chi connectivity index (χ0) is 11.5. The molecule has 3 heteroatoms. The van der Waals surface area contributed by atoms with Gasteiger partial charge in [0.05, 0.1) is 0 Å². The van der Waals surface area contributed by atoms with Crippen LogP contribution in [-0.4, -0.2) is 6.54 Å². The van der Waals surface area contributed by atoms with Gasteiger partial charge in [-0.05, 0) is 56.0 Å². The van der Waals surface area contributed by atoms with Crippen molar-refractivity contribution in [1.29, 1.82) is 0 Å². The van der Waals surface area contributed by atoms with Crippen LogP contribution in [0.3, 0.4) is 0 Å². The first kappa shape index (κ1) is 12.2. The van der Waals surface area contributed by atoms with Crippen LogP contribution in [0.25, 0.3) is 0 Å². The van der Waals surface area contributed by atoms with E-state index in [4.69, 9.17) is 23.2 Å². The minimum absolute atomic E-state index is 0.270. The summed E-state index contributed by atoms with van der Waals surface area (Å²) in [6.45, 7) is 3.22. The van der Waals surface area contributed by atoms with Crippen molar-refractivity contribution in [2.45, 2.75) is 32.2 Å². The van der Waals surface area contributed by atoms with Crippen molar-refractivity contribution in [1.82, 2.24) is 5.32 Å². The second-order valence-electron chi connectivity index (χ2n) is 4.59. The average molecular weight is 258 g/mol. The van der Waals surface area contributed by atoms with Crippen molar-refractivity contribution >= 4 is 23.2 Å². The fourth-order valence-electron chi connectivity index (χ4n) is 2.00.